The number of carbonyl (C=O) groups is 1. The van der Waals surface area contributed by atoms with Gasteiger partial charge >= 0.3 is 0 Å². The van der Waals surface area contributed by atoms with E-state index in [9.17, 15) is 4.79 Å². The molecule has 23 heavy (non-hydrogen) atoms. The molecule has 7 heteroatoms. The predicted molar refractivity (Wildman–Crippen MR) is 96.9 cm³/mol. The third kappa shape index (κ3) is 7.45. The van der Waals surface area contributed by atoms with Gasteiger partial charge in [0.2, 0.25) is 5.91 Å². The van der Waals surface area contributed by atoms with Crippen molar-refractivity contribution in [3.8, 4) is 0 Å². The Kier molecular flexibility index (Phi) is 8.02. The van der Waals surface area contributed by atoms with Crippen molar-refractivity contribution in [1.29, 1.82) is 0 Å². The van der Waals surface area contributed by atoms with Gasteiger partial charge < -0.3 is 15.5 Å². The topological polar surface area (TPSA) is 69.6 Å². The van der Waals surface area contributed by atoms with E-state index >= 15 is 0 Å². The van der Waals surface area contributed by atoms with Crippen molar-refractivity contribution in [2.45, 2.75) is 40.2 Å². The van der Waals surface area contributed by atoms with Gasteiger partial charge in [-0.05, 0) is 11.8 Å². The van der Waals surface area contributed by atoms with E-state index in [1.807, 2.05) is 0 Å². The van der Waals surface area contributed by atoms with Gasteiger partial charge in [-0.1, -0.05) is 27.7 Å². The molecule has 1 amide bonds. The molecule has 0 atom stereocenters. The standard InChI is InChI=1S/C16H29N5OS/c1-11(2)7-17-16(19-9-15(22)21(5)6)18-8-14-20-13(10-23-14)12(3)4/h10-12H,7-9H2,1-6H3,(H2,17,18,19). The van der Waals surface area contributed by atoms with Crippen LogP contribution in [-0.4, -0.2) is 48.9 Å². The second kappa shape index (κ2) is 9.50. The Morgan fingerprint density at radius 1 is 1.30 bits per heavy atom. The highest BCUT2D eigenvalue weighted by Gasteiger charge is 2.08. The van der Waals surface area contributed by atoms with E-state index in [4.69, 9.17) is 0 Å². The SMILES string of the molecule is CC(C)CNC(=NCC(=O)N(C)C)NCc1nc(C(C)C)cs1. The zero-order valence-corrected chi connectivity index (χ0v) is 15.8. The van der Waals surface area contributed by atoms with Crippen LogP contribution in [0.15, 0.2) is 10.4 Å². The summed E-state index contributed by atoms with van der Waals surface area (Å²) in [4.78, 5) is 22.2. The summed E-state index contributed by atoms with van der Waals surface area (Å²) in [5, 5.41) is 9.63. The van der Waals surface area contributed by atoms with Gasteiger partial charge in [-0.3, -0.25) is 4.79 Å². The van der Waals surface area contributed by atoms with Crippen molar-refractivity contribution in [3.63, 3.8) is 0 Å². The average molecular weight is 340 g/mol. The fourth-order valence-corrected chi connectivity index (χ4v) is 2.49. The Bertz CT molecular complexity index is 522. The van der Waals surface area contributed by atoms with Crippen LogP contribution in [0.3, 0.4) is 0 Å². The van der Waals surface area contributed by atoms with Crippen LogP contribution >= 0.6 is 11.3 Å². The molecule has 130 valence electrons. The first kappa shape index (κ1) is 19.4. The molecule has 0 aliphatic carbocycles. The Labute approximate surface area is 143 Å². The van der Waals surface area contributed by atoms with Crippen LogP contribution in [-0.2, 0) is 11.3 Å². The lowest BCUT2D eigenvalue weighted by Gasteiger charge is -2.14. The highest BCUT2D eigenvalue weighted by Crippen LogP contribution is 2.17. The number of guanidine groups is 1. The number of rotatable bonds is 7. The van der Waals surface area contributed by atoms with E-state index in [-0.39, 0.29) is 12.5 Å². The highest BCUT2D eigenvalue weighted by molar-refractivity contribution is 7.09. The lowest BCUT2D eigenvalue weighted by atomic mass is 10.2. The molecule has 1 rings (SSSR count). The monoisotopic (exact) mass is 339 g/mol. The fraction of sp³-hybridized carbons (Fsp3) is 0.688. The minimum absolute atomic E-state index is 0.0213. The van der Waals surface area contributed by atoms with Crippen LogP contribution in [0.25, 0.3) is 0 Å². The first-order valence-corrected chi connectivity index (χ1v) is 8.84. The van der Waals surface area contributed by atoms with Crippen molar-refractivity contribution >= 4 is 23.2 Å². The Morgan fingerprint density at radius 3 is 2.52 bits per heavy atom. The van der Waals surface area contributed by atoms with Crippen molar-refractivity contribution in [3.05, 3.63) is 16.1 Å². The molecule has 1 aromatic rings. The Balaban J connectivity index is 2.63. The van der Waals surface area contributed by atoms with Crippen molar-refractivity contribution in [2.75, 3.05) is 27.2 Å². The van der Waals surface area contributed by atoms with Gasteiger partial charge in [-0.15, -0.1) is 11.3 Å². The van der Waals surface area contributed by atoms with Crippen molar-refractivity contribution < 1.29 is 4.79 Å². The molecule has 0 fully saturated rings. The summed E-state index contributed by atoms with van der Waals surface area (Å²) in [6.07, 6.45) is 0. The third-order valence-electron chi connectivity index (χ3n) is 3.12. The fourth-order valence-electron chi connectivity index (χ4n) is 1.59. The Hall–Kier alpha value is -1.63. The van der Waals surface area contributed by atoms with Gasteiger partial charge in [0, 0.05) is 26.0 Å². The number of carbonyl (C=O) groups excluding carboxylic acids is 1. The molecule has 0 radical (unpaired) electrons. The summed E-state index contributed by atoms with van der Waals surface area (Å²) in [7, 11) is 3.46. The number of aromatic nitrogens is 1. The van der Waals surface area contributed by atoms with E-state index in [1.54, 1.807) is 30.3 Å². The summed E-state index contributed by atoms with van der Waals surface area (Å²) in [6, 6.07) is 0. The summed E-state index contributed by atoms with van der Waals surface area (Å²) in [5.74, 6) is 1.56. The third-order valence-corrected chi connectivity index (χ3v) is 3.98. The van der Waals surface area contributed by atoms with Gasteiger partial charge in [-0.2, -0.15) is 0 Å². The van der Waals surface area contributed by atoms with E-state index < -0.39 is 0 Å². The van der Waals surface area contributed by atoms with Crippen LogP contribution < -0.4 is 10.6 Å². The molecule has 0 bridgehead atoms. The second-order valence-electron chi connectivity index (χ2n) is 6.40. The molecule has 0 unspecified atom stereocenters. The quantitative estimate of drug-likeness (QED) is 0.589. The molecule has 0 aliphatic rings. The minimum Gasteiger partial charge on any atom is -0.356 e. The number of amides is 1. The van der Waals surface area contributed by atoms with E-state index in [2.05, 4.69) is 53.7 Å². The lowest BCUT2D eigenvalue weighted by Crippen LogP contribution is -2.39. The van der Waals surface area contributed by atoms with Crippen molar-refractivity contribution in [1.82, 2.24) is 20.5 Å². The molecule has 6 nitrogen and oxygen atoms in total. The van der Waals surface area contributed by atoms with E-state index in [0.29, 0.717) is 24.3 Å². The van der Waals surface area contributed by atoms with Crippen LogP contribution in [0.2, 0.25) is 0 Å². The van der Waals surface area contributed by atoms with Gasteiger partial charge in [0.25, 0.3) is 0 Å². The molecule has 0 aliphatic heterocycles. The van der Waals surface area contributed by atoms with Crippen LogP contribution in [0, 0.1) is 5.92 Å². The minimum atomic E-state index is -0.0213. The number of likely N-dealkylation sites (N-methyl/N-ethyl adjacent to an activating group) is 1. The number of nitrogens with zero attached hydrogens (tertiary/aromatic N) is 3. The molecule has 0 saturated heterocycles. The van der Waals surface area contributed by atoms with Gasteiger partial charge in [-0.25, -0.2) is 9.98 Å². The molecule has 1 heterocycles. The summed E-state index contributed by atoms with van der Waals surface area (Å²) >= 11 is 1.64. The molecule has 0 saturated carbocycles. The first-order chi connectivity index (χ1) is 10.8. The molecule has 0 spiro atoms. The maximum Gasteiger partial charge on any atom is 0.243 e. The number of hydrogen-bond acceptors (Lipinski definition) is 4. The van der Waals surface area contributed by atoms with E-state index in [1.165, 1.54) is 0 Å². The largest absolute Gasteiger partial charge is 0.356 e. The summed E-state index contributed by atoms with van der Waals surface area (Å²) in [6.45, 7) is 10.1. The van der Waals surface area contributed by atoms with Crippen molar-refractivity contribution in [2.24, 2.45) is 10.9 Å². The summed E-state index contributed by atoms with van der Waals surface area (Å²) in [5.41, 5.74) is 1.11. The molecule has 1 aromatic heterocycles. The van der Waals surface area contributed by atoms with E-state index in [0.717, 1.165) is 17.2 Å². The van der Waals surface area contributed by atoms with Crippen LogP contribution in [0.5, 0.6) is 0 Å². The normalized spacial score (nSPS) is 11.9. The summed E-state index contributed by atoms with van der Waals surface area (Å²) < 4.78 is 0. The van der Waals surface area contributed by atoms with Crippen LogP contribution in [0.4, 0.5) is 0 Å². The highest BCUT2D eigenvalue weighted by atomic mass is 32.1. The maximum absolute atomic E-state index is 11.7. The smallest absolute Gasteiger partial charge is 0.243 e. The first-order valence-electron chi connectivity index (χ1n) is 7.96. The average Bonchev–Trinajstić information content (AvgIpc) is 2.94. The predicted octanol–water partition coefficient (Wildman–Crippen LogP) is 2.05. The number of aliphatic imine (C=N–C) groups is 1. The zero-order chi connectivity index (χ0) is 17.4. The Morgan fingerprint density at radius 2 is 2.00 bits per heavy atom. The lowest BCUT2D eigenvalue weighted by molar-refractivity contribution is -0.127. The van der Waals surface area contributed by atoms with Crippen LogP contribution in [0.1, 0.15) is 44.3 Å². The molecular weight excluding hydrogens is 310 g/mol. The zero-order valence-electron chi connectivity index (χ0n) is 15.0. The molecular formula is C16H29N5OS. The number of nitrogens with one attached hydrogen (secondary N) is 2. The van der Waals surface area contributed by atoms with Gasteiger partial charge in [0.05, 0.1) is 12.2 Å². The maximum atomic E-state index is 11.7. The van der Waals surface area contributed by atoms with Gasteiger partial charge in [0.15, 0.2) is 5.96 Å². The second-order valence-corrected chi connectivity index (χ2v) is 7.34. The number of thiazole rings is 1. The number of hydrogen-bond donors (Lipinski definition) is 2. The molecule has 2 N–H and O–H groups in total. The van der Waals surface area contributed by atoms with Gasteiger partial charge in [0.1, 0.15) is 11.6 Å². The molecule has 0 aromatic carbocycles.